The zero-order valence-electron chi connectivity index (χ0n) is 8.63. The van der Waals surface area contributed by atoms with Gasteiger partial charge in [0.25, 0.3) is 0 Å². The van der Waals surface area contributed by atoms with E-state index in [0.717, 1.165) is 11.1 Å². The summed E-state index contributed by atoms with van der Waals surface area (Å²) >= 11 is 0. The lowest BCUT2D eigenvalue weighted by atomic mass is 10.0. The van der Waals surface area contributed by atoms with Crippen LogP contribution in [0.1, 0.15) is 18.1 Å². The first-order valence-electron chi connectivity index (χ1n) is 4.94. The maximum atomic E-state index is 13.6. The Bertz CT molecular complexity index is 366. The minimum atomic E-state index is -0.327. The first-order chi connectivity index (χ1) is 7.16. The lowest BCUT2D eigenvalue weighted by molar-refractivity contribution is -0.0191. The Balaban J connectivity index is 2.32. The summed E-state index contributed by atoms with van der Waals surface area (Å²) in [6.07, 6.45) is 0.657. The first-order valence-corrected chi connectivity index (χ1v) is 4.94. The Morgan fingerprint density at radius 2 is 2.33 bits per heavy atom. The van der Waals surface area contributed by atoms with E-state index in [2.05, 4.69) is 0 Å². The van der Waals surface area contributed by atoms with Crippen LogP contribution in [0, 0.1) is 5.82 Å². The van der Waals surface area contributed by atoms with Gasteiger partial charge < -0.3 is 15.2 Å². The van der Waals surface area contributed by atoms with Crippen molar-refractivity contribution >= 4 is 0 Å². The zero-order valence-corrected chi connectivity index (χ0v) is 8.63. The van der Waals surface area contributed by atoms with E-state index in [1.807, 2.05) is 13.0 Å². The van der Waals surface area contributed by atoms with Crippen molar-refractivity contribution in [3.05, 3.63) is 29.1 Å². The Labute approximate surface area is 88.0 Å². The SMILES string of the molecule is CC(N)Cc1cc(F)c2c(c1)COCO2. The minimum Gasteiger partial charge on any atom is -0.464 e. The highest BCUT2D eigenvalue weighted by molar-refractivity contribution is 5.39. The van der Waals surface area contributed by atoms with Crippen LogP contribution in [0.25, 0.3) is 0 Å². The second-order valence-corrected chi connectivity index (χ2v) is 3.86. The molecular formula is C11H14FNO2. The lowest BCUT2D eigenvalue weighted by Crippen LogP contribution is -2.19. The molecule has 0 aliphatic carbocycles. The number of hydrogen-bond acceptors (Lipinski definition) is 3. The van der Waals surface area contributed by atoms with Crippen LogP contribution in [0.15, 0.2) is 12.1 Å². The van der Waals surface area contributed by atoms with Crippen LogP contribution in [-0.2, 0) is 17.8 Å². The molecule has 2 N–H and O–H groups in total. The molecule has 0 radical (unpaired) electrons. The van der Waals surface area contributed by atoms with Crippen LogP contribution in [0.4, 0.5) is 4.39 Å². The van der Waals surface area contributed by atoms with E-state index in [1.165, 1.54) is 6.07 Å². The molecular weight excluding hydrogens is 197 g/mol. The van der Waals surface area contributed by atoms with Crippen molar-refractivity contribution in [2.24, 2.45) is 5.73 Å². The molecule has 1 aliphatic heterocycles. The monoisotopic (exact) mass is 211 g/mol. The van der Waals surface area contributed by atoms with Crippen LogP contribution < -0.4 is 10.5 Å². The van der Waals surface area contributed by atoms with Crippen molar-refractivity contribution in [1.29, 1.82) is 0 Å². The van der Waals surface area contributed by atoms with Gasteiger partial charge in [0.2, 0.25) is 0 Å². The first kappa shape index (κ1) is 10.4. The summed E-state index contributed by atoms with van der Waals surface area (Å²) in [4.78, 5) is 0. The third-order valence-corrected chi connectivity index (χ3v) is 2.28. The molecule has 0 bridgehead atoms. The van der Waals surface area contributed by atoms with Gasteiger partial charge in [0, 0.05) is 11.6 Å². The van der Waals surface area contributed by atoms with Gasteiger partial charge in [-0.25, -0.2) is 4.39 Å². The highest BCUT2D eigenvalue weighted by Crippen LogP contribution is 2.28. The number of ether oxygens (including phenoxy) is 2. The van der Waals surface area contributed by atoms with E-state index in [1.54, 1.807) is 0 Å². The summed E-state index contributed by atoms with van der Waals surface area (Å²) in [5.74, 6) is -0.0128. The number of nitrogens with two attached hydrogens (primary N) is 1. The topological polar surface area (TPSA) is 44.5 Å². The summed E-state index contributed by atoms with van der Waals surface area (Å²) < 4.78 is 23.7. The maximum absolute atomic E-state index is 13.6. The molecule has 0 saturated heterocycles. The summed E-state index contributed by atoms with van der Waals surface area (Å²) in [5, 5.41) is 0. The van der Waals surface area contributed by atoms with Gasteiger partial charge in [-0.1, -0.05) is 0 Å². The molecule has 4 heteroatoms. The lowest BCUT2D eigenvalue weighted by Gasteiger charge is -2.19. The van der Waals surface area contributed by atoms with E-state index in [0.29, 0.717) is 18.8 Å². The van der Waals surface area contributed by atoms with E-state index < -0.39 is 0 Å². The molecule has 1 aromatic rings. The van der Waals surface area contributed by atoms with Crippen molar-refractivity contribution in [3.63, 3.8) is 0 Å². The van der Waals surface area contributed by atoms with Crippen molar-refractivity contribution in [3.8, 4) is 5.75 Å². The molecule has 0 spiro atoms. The molecule has 1 aromatic carbocycles. The predicted octanol–water partition coefficient (Wildman–Crippen LogP) is 1.58. The minimum absolute atomic E-state index is 0.0212. The van der Waals surface area contributed by atoms with E-state index >= 15 is 0 Å². The average Bonchev–Trinajstić information content (AvgIpc) is 2.16. The number of halogens is 1. The quantitative estimate of drug-likeness (QED) is 0.807. The van der Waals surface area contributed by atoms with Crippen molar-refractivity contribution in [2.45, 2.75) is 26.0 Å². The standard InChI is InChI=1S/C11H14FNO2/c1-7(13)2-8-3-9-5-14-6-15-11(9)10(12)4-8/h3-4,7H,2,5-6,13H2,1H3. The third-order valence-electron chi connectivity index (χ3n) is 2.28. The molecule has 1 unspecified atom stereocenters. The Hall–Kier alpha value is -1.13. The van der Waals surface area contributed by atoms with Gasteiger partial charge in [0.1, 0.15) is 0 Å². The molecule has 0 amide bonds. The summed E-state index contributed by atoms with van der Waals surface area (Å²) in [6, 6.07) is 3.39. The molecule has 0 saturated carbocycles. The molecule has 1 aliphatic rings. The fraction of sp³-hybridized carbons (Fsp3) is 0.455. The fourth-order valence-electron chi connectivity index (χ4n) is 1.72. The molecule has 0 aromatic heterocycles. The highest BCUT2D eigenvalue weighted by Gasteiger charge is 2.16. The molecule has 0 fully saturated rings. The average molecular weight is 211 g/mol. The molecule has 82 valence electrons. The number of rotatable bonds is 2. The largest absolute Gasteiger partial charge is 0.464 e. The van der Waals surface area contributed by atoms with Crippen LogP contribution in [0.3, 0.4) is 0 Å². The summed E-state index contributed by atoms with van der Waals surface area (Å²) in [5.41, 5.74) is 7.31. The molecule has 1 atom stereocenters. The summed E-state index contributed by atoms with van der Waals surface area (Å²) in [6.45, 7) is 2.42. The summed E-state index contributed by atoms with van der Waals surface area (Å²) in [7, 11) is 0. The number of benzene rings is 1. The zero-order chi connectivity index (χ0) is 10.8. The highest BCUT2D eigenvalue weighted by atomic mass is 19.1. The normalized spacial score (nSPS) is 16.7. The van der Waals surface area contributed by atoms with Crippen LogP contribution >= 0.6 is 0 Å². The molecule has 1 heterocycles. The van der Waals surface area contributed by atoms with Crippen molar-refractivity contribution in [2.75, 3.05) is 6.79 Å². The van der Waals surface area contributed by atoms with Crippen LogP contribution in [0.2, 0.25) is 0 Å². The third kappa shape index (κ3) is 2.27. The maximum Gasteiger partial charge on any atom is 0.189 e. The van der Waals surface area contributed by atoms with Crippen molar-refractivity contribution < 1.29 is 13.9 Å². The predicted molar refractivity (Wildman–Crippen MR) is 54.0 cm³/mol. The smallest absolute Gasteiger partial charge is 0.189 e. The fourth-order valence-corrected chi connectivity index (χ4v) is 1.72. The van der Waals surface area contributed by atoms with Gasteiger partial charge in [-0.05, 0) is 31.0 Å². The van der Waals surface area contributed by atoms with Gasteiger partial charge >= 0.3 is 0 Å². The Kier molecular flexibility index (Phi) is 2.88. The number of hydrogen-bond donors (Lipinski definition) is 1. The molecule has 3 nitrogen and oxygen atoms in total. The van der Waals surface area contributed by atoms with E-state index in [4.69, 9.17) is 15.2 Å². The van der Waals surface area contributed by atoms with Gasteiger partial charge in [-0.15, -0.1) is 0 Å². The molecule has 15 heavy (non-hydrogen) atoms. The van der Waals surface area contributed by atoms with Gasteiger partial charge in [-0.3, -0.25) is 0 Å². The second kappa shape index (κ2) is 4.16. The van der Waals surface area contributed by atoms with E-state index in [9.17, 15) is 4.39 Å². The van der Waals surface area contributed by atoms with Crippen LogP contribution in [-0.4, -0.2) is 12.8 Å². The number of fused-ring (bicyclic) bond motifs is 1. The second-order valence-electron chi connectivity index (χ2n) is 3.86. The van der Waals surface area contributed by atoms with Gasteiger partial charge in [-0.2, -0.15) is 0 Å². The van der Waals surface area contributed by atoms with E-state index in [-0.39, 0.29) is 18.7 Å². The Morgan fingerprint density at radius 1 is 1.53 bits per heavy atom. The van der Waals surface area contributed by atoms with Gasteiger partial charge in [0.05, 0.1) is 6.61 Å². The molecule has 2 rings (SSSR count). The van der Waals surface area contributed by atoms with Gasteiger partial charge in [0.15, 0.2) is 18.4 Å². The van der Waals surface area contributed by atoms with Crippen molar-refractivity contribution in [1.82, 2.24) is 0 Å². The van der Waals surface area contributed by atoms with Crippen LogP contribution in [0.5, 0.6) is 5.75 Å². The Morgan fingerprint density at radius 3 is 3.07 bits per heavy atom.